The lowest BCUT2D eigenvalue weighted by molar-refractivity contribution is 0.0830. The first-order chi connectivity index (χ1) is 11.2. The average Bonchev–Trinajstić information content (AvgIpc) is 2.95. The predicted octanol–water partition coefficient (Wildman–Crippen LogP) is 3.91. The van der Waals surface area contributed by atoms with Crippen molar-refractivity contribution in [3.05, 3.63) is 51.5 Å². The van der Waals surface area contributed by atoms with Crippen molar-refractivity contribution in [3.63, 3.8) is 0 Å². The summed E-state index contributed by atoms with van der Waals surface area (Å²) in [7, 11) is 1.66. The number of aryl methyl sites for hydroxylation is 2. The number of aromatic nitrogens is 1. The van der Waals surface area contributed by atoms with Crippen molar-refractivity contribution in [1.82, 2.24) is 10.3 Å². The zero-order chi connectivity index (χ0) is 16.7. The summed E-state index contributed by atoms with van der Waals surface area (Å²) in [6.45, 7) is 4.50. The summed E-state index contributed by atoms with van der Waals surface area (Å²) in [5.74, 6) is -0.0688. The summed E-state index contributed by atoms with van der Waals surface area (Å²) < 4.78 is 5.48. The van der Waals surface area contributed by atoms with Gasteiger partial charge in [0.05, 0.1) is 16.8 Å². The highest BCUT2D eigenvalue weighted by atomic mass is 32.1. The molecule has 124 valence electrons. The molecule has 1 aromatic heterocycles. The molecule has 0 aliphatic rings. The number of hydrogen-bond acceptors (Lipinski definition) is 4. The summed E-state index contributed by atoms with van der Waals surface area (Å²) in [6, 6.07) is 9.91. The summed E-state index contributed by atoms with van der Waals surface area (Å²) in [5, 5.41) is 4.01. The van der Waals surface area contributed by atoms with E-state index in [0.717, 1.165) is 35.5 Å². The lowest BCUT2D eigenvalue weighted by Gasteiger charge is -2.16. The second kappa shape index (κ2) is 8.79. The Morgan fingerprint density at radius 1 is 1.35 bits per heavy atom. The molecule has 1 atom stereocenters. The third-order valence-electron chi connectivity index (χ3n) is 3.70. The minimum atomic E-state index is -0.145. The van der Waals surface area contributed by atoms with E-state index in [0.29, 0.717) is 11.4 Å². The van der Waals surface area contributed by atoms with Gasteiger partial charge in [-0.25, -0.2) is 4.98 Å². The number of unbranched alkanes of at least 4 members (excludes halogenated alkanes) is 1. The first-order valence-electron chi connectivity index (χ1n) is 7.98. The van der Waals surface area contributed by atoms with Crippen LogP contribution in [0.3, 0.4) is 0 Å². The Labute approximate surface area is 141 Å². The lowest BCUT2D eigenvalue weighted by atomic mass is 10.1. The zero-order valence-corrected chi connectivity index (χ0v) is 14.8. The van der Waals surface area contributed by atoms with Gasteiger partial charge in [0.1, 0.15) is 4.88 Å². The van der Waals surface area contributed by atoms with Gasteiger partial charge in [-0.2, -0.15) is 0 Å². The second-order valence-corrected chi connectivity index (χ2v) is 6.55. The molecule has 0 radical (unpaired) electrons. The molecule has 2 aromatic rings. The molecule has 2 rings (SSSR count). The molecule has 0 aliphatic heterocycles. The average molecular weight is 332 g/mol. The number of methoxy groups -OCH3 is 1. The van der Waals surface area contributed by atoms with Crippen molar-refractivity contribution in [2.75, 3.05) is 13.7 Å². The van der Waals surface area contributed by atoms with Gasteiger partial charge in [-0.1, -0.05) is 43.7 Å². The Bertz CT molecular complexity index is 625. The number of nitrogens with zero attached hydrogens (tertiary/aromatic N) is 1. The van der Waals surface area contributed by atoms with E-state index in [1.807, 2.05) is 37.3 Å². The van der Waals surface area contributed by atoms with Crippen LogP contribution in [0, 0.1) is 6.92 Å². The van der Waals surface area contributed by atoms with Gasteiger partial charge < -0.3 is 10.1 Å². The standard InChI is InChI=1S/C18H24N2O2S/c1-4-5-11-16-20-13(2)17(23-16)18(21)19-12-15(22-3)14-9-7-6-8-10-14/h6-10,15H,4-5,11-12H2,1-3H3,(H,19,21). The third-order valence-corrected chi connectivity index (χ3v) is 4.91. The molecule has 0 bridgehead atoms. The molecule has 4 nitrogen and oxygen atoms in total. The fourth-order valence-corrected chi connectivity index (χ4v) is 3.39. The van der Waals surface area contributed by atoms with E-state index in [2.05, 4.69) is 17.2 Å². The molecule has 23 heavy (non-hydrogen) atoms. The Kier molecular flexibility index (Phi) is 6.74. The zero-order valence-electron chi connectivity index (χ0n) is 14.0. The minimum absolute atomic E-state index is 0.0688. The van der Waals surface area contributed by atoms with Crippen molar-refractivity contribution in [2.45, 2.75) is 39.2 Å². The number of benzene rings is 1. The van der Waals surface area contributed by atoms with Crippen LogP contribution < -0.4 is 5.32 Å². The van der Waals surface area contributed by atoms with Gasteiger partial charge in [-0.15, -0.1) is 11.3 Å². The first kappa shape index (κ1) is 17.6. The quantitative estimate of drug-likeness (QED) is 0.797. The Morgan fingerprint density at radius 2 is 2.09 bits per heavy atom. The van der Waals surface area contributed by atoms with E-state index >= 15 is 0 Å². The van der Waals surface area contributed by atoms with Gasteiger partial charge in [0.2, 0.25) is 0 Å². The summed E-state index contributed by atoms with van der Waals surface area (Å²) in [6.07, 6.45) is 3.04. The van der Waals surface area contributed by atoms with Crippen LogP contribution >= 0.6 is 11.3 Å². The van der Waals surface area contributed by atoms with Crippen molar-refractivity contribution in [1.29, 1.82) is 0 Å². The van der Waals surface area contributed by atoms with Crippen LogP contribution in [0.5, 0.6) is 0 Å². The fourth-order valence-electron chi connectivity index (χ4n) is 2.37. The summed E-state index contributed by atoms with van der Waals surface area (Å²) in [5.41, 5.74) is 1.87. The van der Waals surface area contributed by atoms with Crippen molar-refractivity contribution >= 4 is 17.2 Å². The number of amides is 1. The monoisotopic (exact) mass is 332 g/mol. The van der Waals surface area contributed by atoms with Crippen LogP contribution in [0.25, 0.3) is 0 Å². The van der Waals surface area contributed by atoms with Crippen LogP contribution in [-0.2, 0) is 11.2 Å². The highest BCUT2D eigenvalue weighted by Crippen LogP contribution is 2.20. The number of carbonyl (C=O) groups is 1. The van der Waals surface area contributed by atoms with Crippen LogP contribution in [0.15, 0.2) is 30.3 Å². The summed E-state index contributed by atoms with van der Waals surface area (Å²) >= 11 is 1.50. The van der Waals surface area contributed by atoms with Gasteiger partial charge in [-0.3, -0.25) is 4.79 Å². The highest BCUT2D eigenvalue weighted by Gasteiger charge is 2.17. The topological polar surface area (TPSA) is 51.2 Å². The number of nitrogens with one attached hydrogen (secondary N) is 1. The molecule has 1 unspecified atom stereocenters. The molecule has 0 spiro atoms. The molecule has 0 fully saturated rings. The predicted molar refractivity (Wildman–Crippen MR) is 94.0 cm³/mol. The second-order valence-electron chi connectivity index (χ2n) is 5.47. The molecular weight excluding hydrogens is 308 g/mol. The molecule has 1 N–H and O–H groups in total. The molecule has 5 heteroatoms. The van der Waals surface area contributed by atoms with E-state index in [4.69, 9.17) is 4.74 Å². The molecule has 0 saturated carbocycles. The lowest BCUT2D eigenvalue weighted by Crippen LogP contribution is -2.29. The van der Waals surface area contributed by atoms with Crippen molar-refractivity contribution in [3.8, 4) is 0 Å². The maximum atomic E-state index is 12.4. The molecule has 1 amide bonds. The van der Waals surface area contributed by atoms with Crippen molar-refractivity contribution in [2.24, 2.45) is 0 Å². The summed E-state index contributed by atoms with van der Waals surface area (Å²) in [4.78, 5) is 17.6. The number of ether oxygens (including phenoxy) is 1. The van der Waals surface area contributed by atoms with Crippen LogP contribution in [-0.4, -0.2) is 24.5 Å². The Morgan fingerprint density at radius 3 is 2.74 bits per heavy atom. The van der Waals surface area contributed by atoms with Crippen LogP contribution in [0.4, 0.5) is 0 Å². The van der Waals surface area contributed by atoms with E-state index in [1.165, 1.54) is 11.3 Å². The normalized spacial score (nSPS) is 12.1. The molecule has 1 aromatic carbocycles. The van der Waals surface area contributed by atoms with E-state index in [-0.39, 0.29) is 12.0 Å². The van der Waals surface area contributed by atoms with Crippen LogP contribution in [0.1, 0.15) is 51.8 Å². The number of carbonyl (C=O) groups excluding carboxylic acids is 1. The fraction of sp³-hybridized carbons (Fsp3) is 0.444. The van der Waals surface area contributed by atoms with Crippen LogP contribution in [0.2, 0.25) is 0 Å². The number of thiazole rings is 1. The first-order valence-corrected chi connectivity index (χ1v) is 8.79. The van der Waals surface area contributed by atoms with Gasteiger partial charge in [0, 0.05) is 13.7 Å². The number of rotatable bonds is 8. The molecule has 1 heterocycles. The van der Waals surface area contributed by atoms with Gasteiger partial charge >= 0.3 is 0 Å². The largest absolute Gasteiger partial charge is 0.375 e. The van der Waals surface area contributed by atoms with Crippen molar-refractivity contribution < 1.29 is 9.53 Å². The van der Waals surface area contributed by atoms with E-state index in [1.54, 1.807) is 7.11 Å². The Hall–Kier alpha value is -1.72. The third kappa shape index (κ3) is 4.88. The Balaban J connectivity index is 1.97. The molecule has 0 saturated heterocycles. The van der Waals surface area contributed by atoms with Gasteiger partial charge in [0.25, 0.3) is 5.91 Å². The molecule has 0 aliphatic carbocycles. The van der Waals surface area contributed by atoms with Gasteiger partial charge in [0.15, 0.2) is 0 Å². The maximum absolute atomic E-state index is 12.4. The van der Waals surface area contributed by atoms with E-state index < -0.39 is 0 Å². The van der Waals surface area contributed by atoms with Gasteiger partial charge in [-0.05, 0) is 25.3 Å². The van der Waals surface area contributed by atoms with E-state index in [9.17, 15) is 4.79 Å². The smallest absolute Gasteiger partial charge is 0.263 e. The maximum Gasteiger partial charge on any atom is 0.263 e. The molecular formula is C18H24N2O2S. The minimum Gasteiger partial charge on any atom is -0.375 e. The SMILES string of the molecule is CCCCc1nc(C)c(C(=O)NCC(OC)c2ccccc2)s1. The highest BCUT2D eigenvalue weighted by molar-refractivity contribution is 7.13. The number of hydrogen-bond donors (Lipinski definition) is 1.